The van der Waals surface area contributed by atoms with Gasteiger partial charge in [-0.1, -0.05) is 6.08 Å². The molecule has 32 heavy (non-hydrogen) atoms. The monoisotopic (exact) mass is 422 g/mol. The van der Waals surface area contributed by atoms with Crippen LogP contribution < -0.4 is 5.32 Å². The van der Waals surface area contributed by atoms with Crippen LogP contribution in [0.2, 0.25) is 0 Å². The number of imidazole rings is 1. The van der Waals surface area contributed by atoms with E-state index in [4.69, 9.17) is 0 Å². The van der Waals surface area contributed by atoms with Crippen molar-refractivity contribution in [3.05, 3.63) is 48.2 Å². The minimum absolute atomic E-state index is 0.0437. The van der Waals surface area contributed by atoms with Gasteiger partial charge in [-0.3, -0.25) is 14.9 Å². The van der Waals surface area contributed by atoms with Gasteiger partial charge >= 0.3 is 0 Å². The molecule has 0 atom stereocenters. The van der Waals surface area contributed by atoms with Crippen LogP contribution in [0.3, 0.4) is 0 Å². The Labute approximate surface area is 182 Å². The summed E-state index contributed by atoms with van der Waals surface area (Å²) in [5.41, 5.74) is 5.89. The zero-order valence-electron chi connectivity index (χ0n) is 17.0. The van der Waals surface area contributed by atoms with E-state index in [0.717, 1.165) is 47.9 Å². The van der Waals surface area contributed by atoms with Gasteiger partial charge in [-0.05, 0) is 37.8 Å². The lowest BCUT2D eigenvalue weighted by molar-refractivity contribution is -0.117. The molecule has 0 bridgehead atoms. The van der Waals surface area contributed by atoms with Crippen molar-refractivity contribution in [3.8, 4) is 28.7 Å². The zero-order chi connectivity index (χ0) is 21.7. The largest absolute Gasteiger partial charge is 0.340 e. The van der Waals surface area contributed by atoms with E-state index in [-0.39, 0.29) is 11.8 Å². The van der Waals surface area contributed by atoms with E-state index in [9.17, 15) is 10.1 Å². The highest BCUT2D eigenvalue weighted by Gasteiger charge is 2.29. The van der Waals surface area contributed by atoms with Crippen LogP contribution in [-0.2, 0) is 11.2 Å². The number of nitriles is 1. The van der Waals surface area contributed by atoms with E-state index in [1.54, 1.807) is 18.6 Å². The van der Waals surface area contributed by atoms with E-state index in [2.05, 4.69) is 41.5 Å². The summed E-state index contributed by atoms with van der Waals surface area (Å²) >= 11 is 0. The van der Waals surface area contributed by atoms with E-state index >= 15 is 0 Å². The number of allylic oxidation sites excluding steroid dienone is 2. The Kier molecular flexibility index (Phi) is 4.11. The number of nitrogens with one attached hydrogen (secondary N) is 3. The molecule has 0 spiro atoms. The fourth-order valence-corrected chi connectivity index (χ4v) is 3.98. The maximum atomic E-state index is 12.1. The second kappa shape index (κ2) is 7.13. The molecule has 0 radical (unpaired) electrons. The predicted molar refractivity (Wildman–Crippen MR) is 118 cm³/mol. The van der Waals surface area contributed by atoms with Crippen LogP contribution in [-0.4, -0.2) is 36.0 Å². The number of rotatable bonds is 4. The van der Waals surface area contributed by atoms with Gasteiger partial charge in [0.15, 0.2) is 11.5 Å². The molecule has 4 aromatic rings. The van der Waals surface area contributed by atoms with Gasteiger partial charge in [-0.25, -0.2) is 9.97 Å². The third kappa shape index (κ3) is 3.13. The molecule has 1 saturated carbocycles. The first-order chi connectivity index (χ1) is 15.7. The molecular formula is C23H18N8O. The molecule has 0 aliphatic heterocycles. The number of fused-ring (bicyclic) bond motifs is 2. The normalized spacial score (nSPS) is 15.2. The number of amides is 1. The Bertz CT molecular complexity index is 1450. The molecule has 4 aromatic heterocycles. The van der Waals surface area contributed by atoms with Crippen molar-refractivity contribution in [2.24, 2.45) is 5.92 Å². The quantitative estimate of drug-likeness (QED) is 0.460. The van der Waals surface area contributed by atoms with Gasteiger partial charge in [0.2, 0.25) is 5.91 Å². The summed E-state index contributed by atoms with van der Waals surface area (Å²) in [4.78, 5) is 28.9. The summed E-state index contributed by atoms with van der Waals surface area (Å²) in [7, 11) is 0. The van der Waals surface area contributed by atoms with Crippen molar-refractivity contribution < 1.29 is 4.79 Å². The summed E-state index contributed by atoms with van der Waals surface area (Å²) in [5.74, 6) is 0.797. The molecule has 0 aromatic carbocycles. The van der Waals surface area contributed by atoms with Crippen LogP contribution >= 0.6 is 0 Å². The summed E-state index contributed by atoms with van der Waals surface area (Å²) in [6.45, 7) is 0. The van der Waals surface area contributed by atoms with Gasteiger partial charge < -0.3 is 10.3 Å². The van der Waals surface area contributed by atoms with Gasteiger partial charge in [0.05, 0.1) is 22.8 Å². The molecule has 156 valence electrons. The summed E-state index contributed by atoms with van der Waals surface area (Å²) < 4.78 is 0. The number of pyridine rings is 2. The maximum Gasteiger partial charge on any atom is 0.227 e. The molecular weight excluding hydrogens is 404 g/mol. The highest BCUT2D eigenvalue weighted by molar-refractivity contribution is 5.95. The van der Waals surface area contributed by atoms with E-state index in [1.165, 1.54) is 0 Å². The van der Waals surface area contributed by atoms with Crippen LogP contribution in [0.4, 0.5) is 5.69 Å². The molecule has 4 heterocycles. The molecule has 9 nitrogen and oxygen atoms in total. The Morgan fingerprint density at radius 2 is 2.06 bits per heavy atom. The first kappa shape index (κ1) is 18.4. The van der Waals surface area contributed by atoms with Crippen LogP contribution in [0.1, 0.15) is 30.7 Å². The van der Waals surface area contributed by atoms with E-state index < -0.39 is 0 Å². The first-order valence-electron chi connectivity index (χ1n) is 10.5. The number of aromatic nitrogens is 6. The molecule has 0 unspecified atom stereocenters. The van der Waals surface area contributed by atoms with Crippen LogP contribution in [0.5, 0.6) is 0 Å². The molecule has 0 saturated heterocycles. The van der Waals surface area contributed by atoms with Crippen molar-refractivity contribution in [1.82, 2.24) is 30.1 Å². The standard InChI is InChI=1S/C23H18N8O/c24-8-13-2-1-3-18-19(13)29-22(28-18)20-17-7-15(10-26-21(17)31-30-20)14-6-16(11-25-9-14)27-23(32)12-4-5-12/h2,6-7,9-12H,1,3-5H2,(H,27,32)(H,28,29)(H,26,30,31). The second-order valence-electron chi connectivity index (χ2n) is 8.10. The molecule has 6 rings (SSSR count). The first-order valence-corrected chi connectivity index (χ1v) is 10.5. The highest BCUT2D eigenvalue weighted by Crippen LogP contribution is 2.33. The summed E-state index contributed by atoms with van der Waals surface area (Å²) in [6.07, 6.45) is 10.6. The number of carbonyl (C=O) groups is 1. The topological polar surface area (TPSA) is 136 Å². The molecule has 9 heteroatoms. The van der Waals surface area contributed by atoms with E-state index in [0.29, 0.717) is 34.1 Å². The molecule has 2 aliphatic rings. The lowest BCUT2D eigenvalue weighted by atomic mass is 10.0. The van der Waals surface area contributed by atoms with Crippen molar-refractivity contribution in [3.63, 3.8) is 0 Å². The van der Waals surface area contributed by atoms with Gasteiger partial charge in [0.25, 0.3) is 0 Å². The zero-order valence-corrected chi connectivity index (χ0v) is 17.0. The SMILES string of the molecule is N#CC1=CCCc2[nH]c(-c3[nH]nc4ncc(-c5cncc(NC(=O)C6CC6)c5)cc34)nc21. The van der Waals surface area contributed by atoms with Gasteiger partial charge in [0.1, 0.15) is 17.5 Å². The summed E-state index contributed by atoms with van der Waals surface area (Å²) in [5, 5.41) is 20.5. The van der Waals surface area contributed by atoms with Crippen LogP contribution in [0.25, 0.3) is 39.3 Å². The van der Waals surface area contributed by atoms with Crippen molar-refractivity contribution >= 4 is 28.2 Å². The average molecular weight is 422 g/mol. The average Bonchev–Trinajstić information content (AvgIpc) is 3.45. The van der Waals surface area contributed by atoms with Crippen LogP contribution in [0.15, 0.2) is 36.8 Å². The maximum absolute atomic E-state index is 12.1. The number of hydrogen-bond donors (Lipinski definition) is 3. The number of anilines is 1. The van der Waals surface area contributed by atoms with Gasteiger partial charge in [-0.15, -0.1) is 0 Å². The smallest absolute Gasteiger partial charge is 0.227 e. The Hall–Kier alpha value is -4.32. The van der Waals surface area contributed by atoms with Crippen molar-refractivity contribution in [1.29, 1.82) is 5.26 Å². The number of H-pyrrole nitrogens is 2. The highest BCUT2D eigenvalue weighted by atomic mass is 16.2. The van der Waals surface area contributed by atoms with Gasteiger partial charge in [-0.2, -0.15) is 10.4 Å². The van der Waals surface area contributed by atoms with Crippen molar-refractivity contribution in [2.75, 3.05) is 5.32 Å². The molecule has 1 fully saturated rings. The molecule has 2 aliphatic carbocycles. The number of aryl methyl sites for hydroxylation is 1. The lowest BCUT2D eigenvalue weighted by Crippen LogP contribution is -2.13. The van der Waals surface area contributed by atoms with Gasteiger partial charge in [0, 0.05) is 35.1 Å². The number of nitrogens with zero attached hydrogens (tertiary/aromatic N) is 5. The molecule has 3 N–H and O–H groups in total. The Balaban J connectivity index is 1.38. The Morgan fingerprint density at radius 1 is 1.19 bits per heavy atom. The van der Waals surface area contributed by atoms with E-state index in [1.807, 2.05) is 18.2 Å². The number of aromatic amines is 2. The fraction of sp³-hybridized carbons (Fsp3) is 0.217. The third-order valence-corrected chi connectivity index (χ3v) is 5.83. The fourth-order valence-electron chi connectivity index (χ4n) is 3.98. The minimum atomic E-state index is 0.0437. The Morgan fingerprint density at radius 3 is 2.91 bits per heavy atom. The second-order valence-corrected chi connectivity index (χ2v) is 8.10. The summed E-state index contributed by atoms with van der Waals surface area (Å²) in [6, 6.07) is 6.09. The minimum Gasteiger partial charge on any atom is -0.340 e. The number of carbonyl (C=O) groups excluding carboxylic acids is 1. The number of hydrogen-bond acceptors (Lipinski definition) is 6. The predicted octanol–water partition coefficient (Wildman–Crippen LogP) is 3.61. The third-order valence-electron chi connectivity index (χ3n) is 5.83. The molecule has 1 amide bonds. The van der Waals surface area contributed by atoms with Crippen molar-refractivity contribution in [2.45, 2.75) is 25.7 Å². The van der Waals surface area contributed by atoms with Crippen LogP contribution in [0, 0.1) is 17.2 Å². The lowest BCUT2D eigenvalue weighted by Gasteiger charge is -2.06.